The summed E-state index contributed by atoms with van der Waals surface area (Å²) in [6.07, 6.45) is 2.89. The molecule has 1 heterocycles. The number of nitrogens with zero attached hydrogens (tertiary/aromatic N) is 1. The van der Waals surface area contributed by atoms with Crippen molar-refractivity contribution < 1.29 is 22.4 Å². The SMILES string of the molecule is O=C1CN(C(=O)C2CCC(CNS(=O)(=O)c3ccc(F)cc3)CC2)CCN1. The van der Waals surface area contributed by atoms with Gasteiger partial charge in [0.05, 0.1) is 11.4 Å². The number of halogens is 1. The van der Waals surface area contributed by atoms with Crippen LogP contribution in [0.4, 0.5) is 4.39 Å². The molecule has 7 nitrogen and oxygen atoms in total. The molecule has 27 heavy (non-hydrogen) atoms. The summed E-state index contributed by atoms with van der Waals surface area (Å²) < 4.78 is 40.0. The number of sulfonamides is 1. The van der Waals surface area contributed by atoms with Gasteiger partial charge in [-0.2, -0.15) is 0 Å². The molecular formula is C18H24FN3O4S. The zero-order valence-electron chi connectivity index (χ0n) is 15.0. The van der Waals surface area contributed by atoms with Gasteiger partial charge in [-0.3, -0.25) is 9.59 Å². The Morgan fingerprint density at radius 1 is 1.19 bits per heavy atom. The van der Waals surface area contributed by atoms with Crippen molar-refractivity contribution in [1.29, 1.82) is 0 Å². The lowest BCUT2D eigenvalue weighted by molar-refractivity contribution is -0.142. The van der Waals surface area contributed by atoms with E-state index in [2.05, 4.69) is 10.0 Å². The molecule has 1 aliphatic carbocycles. The number of carbonyl (C=O) groups excluding carboxylic acids is 2. The summed E-state index contributed by atoms with van der Waals surface area (Å²) in [5, 5.41) is 2.71. The van der Waals surface area contributed by atoms with Crippen LogP contribution in [0.5, 0.6) is 0 Å². The number of hydrogen-bond acceptors (Lipinski definition) is 4. The molecule has 1 saturated heterocycles. The Hall–Kier alpha value is -2.00. The van der Waals surface area contributed by atoms with E-state index in [0.717, 1.165) is 25.0 Å². The normalized spacial score (nSPS) is 23.7. The molecule has 0 radical (unpaired) electrons. The average Bonchev–Trinajstić information content (AvgIpc) is 2.67. The highest BCUT2D eigenvalue weighted by Gasteiger charge is 2.31. The molecule has 0 unspecified atom stereocenters. The van der Waals surface area contributed by atoms with Crippen LogP contribution in [-0.4, -0.2) is 51.3 Å². The maximum absolute atomic E-state index is 12.9. The van der Waals surface area contributed by atoms with Gasteiger partial charge in [-0.1, -0.05) is 0 Å². The number of carbonyl (C=O) groups is 2. The fraction of sp³-hybridized carbons (Fsp3) is 0.556. The Kier molecular flexibility index (Phi) is 6.11. The van der Waals surface area contributed by atoms with Crippen molar-refractivity contribution in [3.05, 3.63) is 30.1 Å². The summed E-state index contributed by atoms with van der Waals surface area (Å²) in [4.78, 5) is 25.6. The molecule has 1 aliphatic heterocycles. The Bertz CT molecular complexity index is 789. The summed E-state index contributed by atoms with van der Waals surface area (Å²) in [7, 11) is -3.67. The largest absolute Gasteiger partial charge is 0.353 e. The van der Waals surface area contributed by atoms with Crippen LogP contribution in [0.25, 0.3) is 0 Å². The van der Waals surface area contributed by atoms with Crippen molar-refractivity contribution >= 4 is 21.8 Å². The summed E-state index contributed by atoms with van der Waals surface area (Å²) in [6, 6.07) is 4.71. The summed E-state index contributed by atoms with van der Waals surface area (Å²) in [5.74, 6) is -0.522. The lowest BCUT2D eigenvalue weighted by Crippen LogP contribution is -2.52. The molecule has 2 aliphatic rings. The maximum atomic E-state index is 12.9. The predicted octanol–water partition coefficient (Wildman–Crippen LogP) is 0.869. The van der Waals surface area contributed by atoms with Gasteiger partial charge in [0, 0.05) is 25.6 Å². The van der Waals surface area contributed by atoms with Gasteiger partial charge in [0.25, 0.3) is 0 Å². The third-order valence-corrected chi connectivity index (χ3v) is 6.67. The molecule has 1 saturated carbocycles. The van der Waals surface area contributed by atoms with E-state index in [4.69, 9.17) is 0 Å². The lowest BCUT2D eigenvalue weighted by atomic mass is 9.81. The van der Waals surface area contributed by atoms with Crippen LogP contribution >= 0.6 is 0 Å². The minimum Gasteiger partial charge on any atom is -0.353 e. The first-order valence-electron chi connectivity index (χ1n) is 9.16. The number of hydrogen-bond donors (Lipinski definition) is 2. The topological polar surface area (TPSA) is 95.6 Å². The Morgan fingerprint density at radius 2 is 1.85 bits per heavy atom. The second kappa shape index (κ2) is 8.35. The standard InChI is InChI=1S/C18H24FN3O4S/c19-15-5-7-16(8-6-15)27(25,26)21-11-13-1-3-14(4-2-13)18(24)22-10-9-20-17(23)12-22/h5-8,13-14,21H,1-4,9-12H2,(H,20,23). The van der Waals surface area contributed by atoms with Crippen LogP contribution in [-0.2, 0) is 19.6 Å². The highest BCUT2D eigenvalue weighted by molar-refractivity contribution is 7.89. The van der Waals surface area contributed by atoms with Gasteiger partial charge < -0.3 is 10.2 Å². The van der Waals surface area contributed by atoms with E-state index in [1.165, 1.54) is 12.1 Å². The highest BCUT2D eigenvalue weighted by atomic mass is 32.2. The van der Waals surface area contributed by atoms with Gasteiger partial charge in [0.1, 0.15) is 5.82 Å². The second-order valence-electron chi connectivity index (χ2n) is 7.13. The third kappa shape index (κ3) is 5.04. The molecule has 1 aromatic carbocycles. The Balaban J connectivity index is 1.47. The quantitative estimate of drug-likeness (QED) is 0.771. The van der Waals surface area contributed by atoms with E-state index in [1.807, 2.05) is 0 Å². The molecule has 3 rings (SSSR count). The summed E-state index contributed by atoms with van der Waals surface area (Å²) in [5.41, 5.74) is 0. The molecule has 1 aromatic rings. The molecule has 0 spiro atoms. The van der Waals surface area contributed by atoms with Gasteiger partial charge in [0.2, 0.25) is 21.8 Å². The molecule has 9 heteroatoms. The molecule has 2 fully saturated rings. The van der Waals surface area contributed by atoms with E-state index in [1.54, 1.807) is 4.90 Å². The van der Waals surface area contributed by atoms with Crippen LogP contribution in [0.2, 0.25) is 0 Å². The molecular weight excluding hydrogens is 373 g/mol. The summed E-state index contributed by atoms with van der Waals surface area (Å²) in [6.45, 7) is 1.45. The highest BCUT2D eigenvalue weighted by Crippen LogP contribution is 2.30. The number of nitrogens with one attached hydrogen (secondary N) is 2. The molecule has 0 aromatic heterocycles. The predicted molar refractivity (Wildman–Crippen MR) is 96.6 cm³/mol. The fourth-order valence-electron chi connectivity index (χ4n) is 3.62. The van der Waals surface area contributed by atoms with Gasteiger partial charge in [0.15, 0.2) is 0 Å². The van der Waals surface area contributed by atoms with Crippen LogP contribution in [0.15, 0.2) is 29.2 Å². The van der Waals surface area contributed by atoms with Crippen molar-refractivity contribution in [3.63, 3.8) is 0 Å². The van der Waals surface area contributed by atoms with Gasteiger partial charge in [-0.15, -0.1) is 0 Å². The molecule has 148 valence electrons. The van der Waals surface area contributed by atoms with Crippen LogP contribution in [0, 0.1) is 17.7 Å². The lowest BCUT2D eigenvalue weighted by Gasteiger charge is -2.33. The second-order valence-corrected chi connectivity index (χ2v) is 8.90. The summed E-state index contributed by atoms with van der Waals surface area (Å²) >= 11 is 0. The first-order valence-corrected chi connectivity index (χ1v) is 10.6. The Labute approximate surface area is 158 Å². The molecule has 2 amide bonds. The van der Waals surface area contributed by atoms with Gasteiger partial charge >= 0.3 is 0 Å². The minimum atomic E-state index is -3.67. The van der Waals surface area contributed by atoms with Crippen LogP contribution in [0.3, 0.4) is 0 Å². The first-order chi connectivity index (χ1) is 12.8. The number of amides is 2. The fourth-order valence-corrected chi connectivity index (χ4v) is 4.74. The maximum Gasteiger partial charge on any atom is 0.240 e. The van der Waals surface area contributed by atoms with Gasteiger partial charge in [-0.25, -0.2) is 17.5 Å². The zero-order valence-corrected chi connectivity index (χ0v) is 15.8. The van der Waals surface area contributed by atoms with Crippen molar-refractivity contribution in [1.82, 2.24) is 14.9 Å². The zero-order chi connectivity index (χ0) is 19.4. The molecule has 0 atom stereocenters. The van der Waals surface area contributed by atoms with Crippen LogP contribution < -0.4 is 10.0 Å². The number of rotatable bonds is 5. The van der Waals surface area contributed by atoms with E-state index < -0.39 is 15.8 Å². The van der Waals surface area contributed by atoms with E-state index in [9.17, 15) is 22.4 Å². The number of benzene rings is 1. The van der Waals surface area contributed by atoms with Crippen molar-refractivity contribution in [2.24, 2.45) is 11.8 Å². The third-order valence-electron chi connectivity index (χ3n) is 5.23. The van der Waals surface area contributed by atoms with Gasteiger partial charge in [-0.05, 0) is 55.9 Å². The first kappa shape index (κ1) is 19.8. The minimum absolute atomic E-state index is 0.0233. The molecule has 0 bridgehead atoms. The van der Waals surface area contributed by atoms with E-state index >= 15 is 0 Å². The Morgan fingerprint density at radius 3 is 2.48 bits per heavy atom. The van der Waals surface area contributed by atoms with E-state index in [-0.39, 0.29) is 35.1 Å². The van der Waals surface area contributed by atoms with Crippen LogP contribution in [0.1, 0.15) is 25.7 Å². The van der Waals surface area contributed by atoms with E-state index in [0.29, 0.717) is 32.5 Å². The number of piperazine rings is 1. The molecule has 2 N–H and O–H groups in total. The van der Waals surface area contributed by atoms with Crippen molar-refractivity contribution in [2.75, 3.05) is 26.2 Å². The monoisotopic (exact) mass is 397 g/mol. The smallest absolute Gasteiger partial charge is 0.240 e. The van der Waals surface area contributed by atoms with Crippen molar-refractivity contribution in [2.45, 2.75) is 30.6 Å². The van der Waals surface area contributed by atoms with Crippen molar-refractivity contribution in [3.8, 4) is 0 Å². The average molecular weight is 397 g/mol.